The molecule has 1 aromatic heterocycles. The Morgan fingerprint density at radius 1 is 1.03 bits per heavy atom. The predicted molar refractivity (Wildman–Crippen MR) is 129 cm³/mol. The van der Waals surface area contributed by atoms with E-state index in [1.54, 1.807) is 37.4 Å². The molecule has 5 rings (SSSR count). The Bertz CT molecular complexity index is 1390. The van der Waals surface area contributed by atoms with Gasteiger partial charge in [0, 0.05) is 5.56 Å². The van der Waals surface area contributed by atoms with Crippen molar-refractivity contribution in [3.63, 3.8) is 0 Å². The number of aliphatic hydroxyl groups excluding tert-OH is 1. The Labute approximate surface area is 194 Å². The van der Waals surface area contributed by atoms with Gasteiger partial charge in [-0.15, -0.1) is 0 Å². The smallest absolute Gasteiger partial charge is 0.301 e. The molecule has 3 aromatic carbocycles. The number of ketones is 1. The molecule has 1 N–H and O–H groups in total. The average molecular weight is 457 g/mol. The van der Waals surface area contributed by atoms with Gasteiger partial charge in [-0.1, -0.05) is 65.4 Å². The molecule has 0 aliphatic carbocycles. The molecule has 1 aliphatic rings. The first kappa shape index (κ1) is 20.9. The third-order valence-corrected chi connectivity index (χ3v) is 6.70. The van der Waals surface area contributed by atoms with Crippen molar-refractivity contribution in [2.75, 3.05) is 12.0 Å². The number of Topliss-reactive ketones (excluding diaryl/α,β-unsaturated/α-hetero) is 1. The van der Waals surface area contributed by atoms with Crippen LogP contribution in [0.4, 0.5) is 5.13 Å². The Kier molecular flexibility index (Phi) is 5.18. The number of anilines is 1. The lowest BCUT2D eigenvalue weighted by Crippen LogP contribution is -2.29. The monoisotopic (exact) mass is 456 g/mol. The average Bonchev–Trinajstić information content (AvgIpc) is 3.37. The van der Waals surface area contributed by atoms with Crippen LogP contribution in [0.25, 0.3) is 16.0 Å². The molecule has 1 fully saturated rings. The molecule has 7 heteroatoms. The molecule has 1 saturated heterocycles. The zero-order valence-electron chi connectivity index (χ0n) is 18.0. The van der Waals surface area contributed by atoms with Crippen LogP contribution < -0.4 is 9.64 Å². The molecule has 1 amide bonds. The molecule has 2 heterocycles. The number of amides is 1. The number of ether oxygens (including phenoxy) is 1. The minimum Gasteiger partial charge on any atom is -0.507 e. The highest BCUT2D eigenvalue weighted by Crippen LogP contribution is 2.44. The van der Waals surface area contributed by atoms with Gasteiger partial charge in [-0.3, -0.25) is 14.5 Å². The number of aryl methyl sites for hydroxylation is 1. The van der Waals surface area contributed by atoms with E-state index in [2.05, 4.69) is 4.98 Å². The zero-order valence-corrected chi connectivity index (χ0v) is 18.8. The summed E-state index contributed by atoms with van der Waals surface area (Å²) in [4.78, 5) is 32.5. The second-order valence-electron chi connectivity index (χ2n) is 7.78. The Balaban J connectivity index is 1.74. The van der Waals surface area contributed by atoms with E-state index >= 15 is 0 Å². The Hall–Kier alpha value is -3.97. The minimum atomic E-state index is -0.845. The van der Waals surface area contributed by atoms with E-state index in [0.717, 1.165) is 15.8 Å². The fourth-order valence-electron chi connectivity index (χ4n) is 3.99. The number of fused-ring (bicyclic) bond motifs is 1. The summed E-state index contributed by atoms with van der Waals surface area (Å²) in [6.45, 7) is 1.94. The van der Waals surface area contributed by atoms with Crippen LogP contribution in [-0.4, -0.2) is 28.9 Å². The highest BCUT2D eigenvalue weighted by atomic mass is 32.1. The van der Waals surface area contributed by atoms with Gasteiger partial charge in [-0.05, 0) is 36.8 Å². The molecular weight excluding hydrogens is 436 g/mol. The molecule has 0 unspecified atom stereocenters. The molecular formula is C26H20N2O4S. The van der Waals surface area contributed by atoms with Crippen molar-refractivity contribution in [1.82, 2.24) is 4.98 Å². The summed E-state index contributed by atoms with van der Waals surface area (Å²) in [5.41, 5.74) is 2.89. The lowest BCUT2D eigenvalue weighted by atomic mass is 9.95. The second kappa shape index (κ2) is 8.18. The van der Waals surface area contributed by atoms with Crippen molar-refractivity contribution in [3.8, 4) is 5.75 Å². The van der Waals surface area contributed by atoms with Gasteiger partial charge in [-0.25, -0.2) is 4.98 Å². The largest absolute Gasteiger partial charge is 0.507 e. The first-order valence-corrected chi connectivity index (χ1v) is 11.2. The molecule has 6 nitrogen and oxygen atoms in total. The van der Waals surface area contributed by atoms with E-state index in [1.165, 1.54) is 16.2 Å². The third-order valence-electron chi connectivity index (χ3n) is 5.67. The quantitative estimate of drug-likeness (QED) is 0.258. The van der Waals surface area contributed by atoms with E-state index in [9.17, 15) is 14.7 Å². The van der Waals surface area contributed by atoms with Gasteiger partial charge in [0.05, 0.1) is 28.9 Å². The number of hydrogen-bond acceptors (Lipinski definition) is 6. The predicted octanol–water partition coefficient (Wildman–Crippen LogP) is 5.24. The molecule has 1 atom stereocenters. The van der Waals surface area contributed by atoms with E-state index in [-0.39, 0.29) is 11.3 Å². The number of carbonyl (C=O) groups excluding carboxylic acids is 2. The van der Waals surface area contributed by atoms with E-state index < -0.39 is 17.7 Å². The van der Waals surface area contributed by atoms with Gasteiger partial charge in [0.1, 0.15) is 11.5 Å². The van der Waals surface area contributed by atoms with Gasteiger partial charge < -0.3 is 9.84 Å². The first-order valence-electron chi connectivity index (χ1n) is 10.4. The molecule has 0 spiro atoms. The SMILES string of the molecule is COc1cccc([C@@H]2/C(=C(\O)c3ccc(C)cc3)C(=O)C(=O)N2c2nc3ccccc3s2)c1. The van der Waals surface area contributed by atoms with Gasteiger partial charge >= 0.3 is 5.91 Å². The number of hydrogen-bond donors (Lipinski definition) is 1. The van der Waals surface area contributed by atoms with Crippen molar-refractivity contribution in [2.24, 2.45) is 0 Å². The number of para-hydroxylation sites is 1. The number of aliphatic hydroxyl groups is 1. The van der Waals surface area contributed by atoms with E-state index in [1.807, 2.05) is 49.4 Å². The highest BCUT2D eigenvalue weighted by molar-refractivity contribution is 7.22. The number of thiazole rings is 1. The maximum atomic E-state index is 13.3. The molecule has 0 bridgehead atoms. The topological polar surface area (TPSA) is 79.7 Å². The van der Waals surface area contributed by atoms with Gasteiger partial charge in [0.15, 0.2) is 5.13 Å². The van der Waals surface area contributed by atoms with Crippen molar-refractivity contribution >= 4 is 44.1 Å². The summed E-state index contributed by atoms with van der Waals surface area (Å²) in [7, 11) is 1.55. The summed E-state index contributed by atoms with van der Waals surface area (Å²) in [6.07, 6.45) is 0. The van der Waals surface area contributed by atoms with Crippen LogP contribution in [0, 0.1) is 6.92 Å². The number of carbonyl (C=O) groups is 2. The number of aromatic nitrogens is 1. The van der Waals surface area contributed by atoms with Gasteiger partial charge in [0.2, 0.25) is 0 Å². The van der Waals surface area contributed by atoms with Gasteiger partial charge in [-0.2, -0.15) is 0 Å². The van der Waals surface area contributed by atoms with Crippen LogP contribution in [0.1, 0.15) is 22.7 Å². The number of methoxy groups -OCH3 is 1. The summed E-state index contributed by atoms with van der Waals surface area (Å²) >= 11 is 1.33. The van der Waals surface area contributed by atoms with Crippen LogP contribution in [0.3, 0.4) is 0 Å². The first-order chi connectivity index (χ1) is 16.0. The van der Waals surface area contributed by atoms with Crippen LogP contribution in [-0.2, 0) is 9.59 Å². The zero-order chi connectivity index (χ0) is 23.1. The van der Waals surface area contributed by atoms with Crippen LogP contribution >= 0.6 is 11.3 Å². The summed E-state index contributed by atoms with van der Waals surface area (Å²) < 4.78 is 6.27. The summed E-state index contributed by atoms with van der Waals surface area (Å²) in [5.74, 6) is -1.11. The molecule has 1 aliphatic heterocycles. The summed E-state index contributed by atoms with van der Waals surface area (Å²) in [6, 6.07) is 21.0. The lowest BCUT2D eigenvalue weighted by molar-refractivity contribution is -0.132. The highest BCUT2D eigenvalue weighted by Gasteiger charge is 2.48. The Morgan fingerprint density at radius 2 is 1.79 bits per heavy atom. The number of rotatable bonds is 4. The van der Waals surface area contributed by atoms with Gasteiger partial charge in [0.25, 0.3) is 5.78 Å². The fraction of sp³-hybridized carbons (Fsp3) is 0.115. The third kappa shape index (κ3) is 3.56. The maximum absolute atomic E-state index is 13.3. The standard InChI is InChI=1S/C26H20N2O4S/c1-15-10-12-16(13-11-15)23(29)21-22(17-6-5-7-18(14-17)32-2)28(25(31)24(21)30)26-27-19-8-3-4-9-20(19)33-26/h3-14,22,29H,1-2H3/b23-21+/t22-/m1/s1. The van der Waals surface area contributed by atoms with Crippen LogP contribution in [0.2, 0.25) is 0 Å². The molecule has 164 valence electrons. The Morgan fingerprint density at radius 3 is 2.52 bits per heavy atom. The van der Waals surface area contributed by atoms with Crippen molar-refractivity contribution < 1.29 is 19.4 Å². The normalized spacial score (nSPS) is 17.6. The van der Waals surface area contributed by atoms with Crippen LogP contribution in [0.5, 0.6) is 5.75 Å². The van der Waals surface area contributed by atoms with E-state index in [4.69, 9.17) is 4.74 Å². The fourth-order valence-corrected chi connectivity index (χ4v) is 4.98. The molecule has 33 heavy (non-hydrogen) atoms. The van der Waals surface area contributed by atoms with E-state index in [0.29, 0.717) is 22.0 Å². The van der Waals surface area contributed by atoms with Crippen LogP contribution in [0.15, 0.2) is 78.4 Å². The minimum absolute atomic E-state index is 0.0244. The van der Waals surface area contributed by atoms with Crippen molar-refractivity contribution in [1.29, 1.82) is 0 Å². The van der Waals surface area contributed by atoms with Crippen molar-refractivity contribution in [3.05, 3.63) is 95.1 Å². The number of nitrogens with zero attached hydrogens (tertiary/aromatic N) is 2. The summed E-state index contributed by atoms with van der Waals surface area (Å²) in [5, 5.41) is 11.6. The number of benzene rings is 3. The molecule has 4 aromatic rings. The molecule has 0 saturated carbocycles. The second-order valence-corrected chi connectivity index (χ2v) is 8.79. The molecule has 0 radical (unpaired) electrons. The maximum Gasteiger partial charge on any atom is 0.301 e. The lowest BCUT2D eigenvalue weighted by Gasteiger charge is -2.23. The van der Waals surface area contributed by atoms with Crippen molar-refractivity contribution in [2.45, 2.75) is 13.0 Å².